The van der Waals surface area contributed by atoms with Gasteiger partial charge < -0.3 is 9.72 Å². The van der Waals surface area contributed by atoms with Crippen molar-refractivity contribution in [3.8, 4) is 0 Å². The second-order valence-electron chi connectivity index (χ2n) is 7.40. The molecule has 152 valence electrons. The lowest BCUT2D eigenvalue weighted by atomic mass is 10.1. The number of amides is 2. The van der Waals surface area contributed by atoms with Crippen LogP contribution >= 0.6 is 0 Å². The largest absolute Gasteiger partial charge is 0.453 e. The van der Waals surface area contributed by atoms with Crippen molar-refractivity contribution in [2.24, 2.45) is 0 Å². The number of H-pyrrole nitrogens is 1. The molecule has 30 heavy (non-hydrogen) atoms. The number of nitrogens with zero attached hydrogens (tertiary/aromatic N) is 1. The average Bonchev–Trinajstić information content (AvgIpc) is 3.26. The summed E-state index contributed by atoms with van der Waals surface area (Å²) in [5, 5.41) is 0.731. The molecule has 0 bridgehead atoms. The number of aromatic nitrogens is 1. The van der Waals surface area contributed by atoms with Crippen molar-refractivity contribution in [1.82, 2.24) is 9.88 Å². The molecule has 1 aromatic heterocycles. The quantitative estimate of drug-likeness (QED) is 0.400. The lowest BCUT2D eigenvalue weighted by molar-refractivity contribution is -0.150. The first-order valence-electron chi connectivity index (χ1n) is 9.59. The Bertz CT molecular complexity index is 1210. The summed E-state index contributed by atoms with van der Waals surface area (Å²) in [4.78, 5) is 54.7. The lowest BCUT2D eigenvalue weighted by Crippen LogP contribution is -2.45. The average molecular weight is 404 g/mol. The molecular weight excluding hydrogens is 384 g/mol. The number of esters is 1. The second-order valence-corrected chi connectivity index (χ2v) is 7.40. The Morgan fingerprint density at radius 3 is 2.47 bits per heavy atom. The van der Waals surface area contributed by atoms with Gasteiger partial charge in [0.1, 0.15) is 6.04 Å². The maximum atomic E-state index is 12.8. The van der Waals surface area contributed by atoms with Crippen molar-refractivity contribution in [2.75, 3.05) is 0 Å². The number of fused-ring (bicyclic) bond motifs is 2. The maximum Gasteiger partial charge on any atom is 0.329 e. The molecular formula is C23H20N2O5. The molecule has 0 fully saturated rings. The van der Waals surface area contributed by atoms with Gasteiger partial charge in [0, 0.05) is 22.7 Å². The highest BCUT2D eigenvalue weighted by atomic mass is 16.5. The van der Waals surface area contributed by atoms with Crippen LogP contribution in [0.4, 0.5) is 0 Å². The molecule has 2 amide bonds. The zero-order valence-electron chi connectivity index (χ0n) is 16.8. The van der Waals surface area contributed by atoms with E-state index in [2.05, 4.69) is 4.98 Å². The van der Waals surface area contributed by atoms with Crippen LogP contribution in [0.1, 0.15) is 50.5 Å². The van der Waals surface area contributed by atoms with Gasteiger partial charge in [0.15, 0.2) is 6.10 Å². The van der Waals surface area contributed by atoms with Gasteiger partial charge in [0.25, 0.3) is 11.8 Å². The van der Waals surface area contributed by atoms with Gasteiger partial charge >= 0.3 is 5.97 Å². The SMILES string of the molecule is Cc1ccc2c(c1)C(=O)N(C(C)C(=O)OC(C)C(=O)c1c[nH]c3ccccc13)C2=O. The Morgan fingerprint density at radius 1 is 1.00 bits per heavy atom. The highest BCUT2D eigenvalue weighted by molar-refractivity contribution is 6.22. The van der Waals surface area contributed by atoms with E-state index in [1.807, 2.05) is 25.1 Å². The molecule has 7 heteroatoms. The number of ketones is 1. The minimum Gasteiger partial charge on any atom is -0.453 e. The molecule has 2 heterocycles. The van der Waals surface area contributed by atoms with E-state index in [1.165, 1.54) is 13.8 Å². The van der Waals surface area contributed by atoms with Crippen LogP contribution in [-0.4, -0.2) is 45.6 Å². The fraction of sp³-hybridized carbons (Fsp3) is 0.217. The molecule has 1 N–H and O–H groups in total. The third-order valence-electron chi connectivity index (χ3n) is 5.32. The number of para-hydroxylation sites is 1. The minimum atomic E-state index is -1.16. The number of aromatic amines is 1. The first kappa shape index (κ1) is 19.6. The molecule has 2 unspecified atom stereocenters. The summed E-state index contributed by atoms with van der Waals surface area (Å²) in [5.74, 6) is -2.28. The van der Waals surface area contributed by atoms with Crippen molar-refractivity contribution < 1.29 is 23.9 Å². The number of carbonyl (C=O) groups is 4. The molecule has 2 aromatic carbocycles. The first-order valence-corrected chi connectivity index (χ1v) is 9.59. The molecule has 0 radical (unpaired) electrons. The summed E-state index contributed by atoms with van der Waals surface area (Å²) >= 11 is 0. The Balaban J connectivity index is 1.50. The first-order chi connectivity index (χ1) is 14.3. The fourth-order valence-electron chi connectivity index (χ4n) is 3.65. The topological polar surface area (TPSA) is 96.5 Å². The Kier molecular flexibility index (Phi) is 4.73. The van der Waals surface area contributed by atoms with Crippen molar-refractivity contribution in [3.05, 3.63) is 70.9 Å². The summed E-state index contributed by atoms with van der Waals surface area (Å²) in [7, 11) is 0. The standard InChI is InChI=1S/C23H20N2O5/c1-12-8-9-16-17(10-12)22(28)25(21(16)27)13(2)23(29)30-14(3)20(26)18-11-24-19-7-5-4-6-15(18)19/h4-11,13-14,24H,1-3H3. The van der Waals surface area contributed by atoms with Gasteiger partial charge in [-0.1, -0.05) is 29.8 Å². The summed E-state index contributed by atoms with van der Waals surface area (Å²) in [6.07, 6.45) is 0.504. The minimum absolute atomic E-state index is 0.258. The van der Waals surface area contributed by atoms with Gasteiger partial charge in [-0.3, -0.25) is 19.3 Å². The van der Waals surface area contributed by atoms with E-state index in [0.717, 1.165) is 21.4 Å². The number of nitrogens with one attached hydrogen (secondary N) is 1. The summed E-state index contributed by atoms with van der Waals surface area (Å²) in [6.45, 7) is 4.70. The van der Waals surface area contributed by atoms with Crippen LogP contribution in [0.2, 0.25) is 0 Å². The zero-order valence-corrected chi connectivity index (χ0v) is 16.8. The number of benzene rings is 2. The third-order valence-corrected chi connectivity index (χ3v) is 5.32. The maximum absolute atomic E-state index is 12.8. The summed E-state index contributed by atoms with van der Waals surface area (Å²) in [6, 6.07) is 11.1. The van der Waals surface area contributed by atoms with Crippen LogP contribution in [-0.2, 0) is 9.53 Å². The predicted molar refractivity (Wildman–Crippen MR) is 109 cm³/mol. The number of aryl methyl sites for hydroxylation is 1. The predicted octanol–water partition coefficient (Wildman–Crippen LogP) is 3.28. The number of imide groups is 1. The van der Waals surface area contributed by atoms with Crippen molar-refractivity contribution in [1.29, 1.82) is 0 Å². The van der Waals surface area contributed by atoms with E-state index in [4.69, 9.17) is 4.74 Å². The molecule has 0 aliphatic carbocycles. The van der Waals surface area contributed by atoms with Crippen LogP contribution in [0.5, 0.6) is 0 Å². The van der Waals surface area contributed by atoms with Crippen LogP contribution in [0.15, 0.2) is 48.7 Å². The van der Waals surface area contributed by atoms with Gasteiger partial charge in [-0.05, 0) is 39.0 Å². The van der Waals surface area contributed by atoms with Gasteiger partial charge in [0.2, 0.25) is 5.78 Å². The number of ether oxygens (including phenoxy) is 1. The van der Waals surface area contributed by atoms with Crippen LogP contribution < -0.4 is 0 Å². The molecule has 2 atom stereocenters. The number of hydrogen-bond donors (Lipinski definition) is 1. The number of rotatable bonds is 5. The zero-order chi connectivity index (χ0) is 21.6. The smallest absolute Gasteiger partial charge is 0.329 e. The van der Waals surface area contributed by atoms with Gasteiger partial charge in [-0.2, -0.15) is 0 Å². The van der Waals surface area contributed by atoms with E-state index < -0.39 is 29.9 Å². The fourth-order valence-corrected chi connectivity index (χ4v) is 3.65. The summed E-state index contributed by atoms with van der Waals surface area (Å²) in [5.41, 5.74) is 2.57. The number of carbonyl (C=O) groups excluding carboxylic acids is 4. The Morgan fingerprint density at radius 2 is 1.70 bits per heavy atom. The molecule has 0 saturated heterocycles. The van der Waals surface area contributed by atoms with Gasteiger partial charge in [0.05, 0.1) is 11.1 Å². The van der Waals surface area contributed by atoms with E-state index in [1.54, 1.807) is 30.5 Å². The van der Waals surface area contributed by atoms with Crippen molar-refractivity contribution in [2.45, 2.75) is 32.9 Å². The lowest BCUT2D eigenvalue weighted by Gasteiger charge is -2.22. The highest BCUT2D eigenvalue weighted by Gasteiger charge is 2.42. The van der Waals surface area contributed by atoms with Crippen molar-refractivity contribution >= 4 is 34.5 Å². The van der Waals surface area contributed by atoms with E-state index in [0.29, 0.717) is 5.56 Å². The van der Waals surface area contributed by atoms with E-state index >= 15 is 0 Å². The van der Waals surface area contributed by atoms with Crippen LogP contribution in [0.3, 0.4) is 0 Å². The number of Topliss-reactive ketones (excluding diaryl/α,β-unsaturated/α-hetero) is 1. The van der Waals surface area contributed by atoms with Gasteiger partial charge in [-0.25, -0.2) is 4.79 Å². The summed E-state index contributed by atoms with van der Waals surface area (Å²) < 4.78 is 5.33. The molecule has 3 aromatic rings. The second kappa shape index (κ2) is 7.26. The molecule has 1 aliphatic rings. The molecule has 0 saturated carbocycles. The van der Waals surface area contributed by atoms with Crippen LogP contribution in [0, 0.1) is 6.92 Å². The highest BCUT2D eigenvalue weighted by Crippen LogP contribution is 2.26. The third kappa shape index (κ3) is 3.08. The van der Waals surface area contributed by atoms with Gasteiger partial charge in [-0.15, -0.1) is 0 Å². The molecule has 4 rings (SSSR count). The molecule has 1 aliphatic heterocycles. The van der Waals surface area contributed by atoms with E-state index in [-0.39, 0.29) is 16.9 Å². The van der Waals surface area contributed by atoms with E-state index in [9.17, 15) is 19.2 Å². The Labute approximate surface area is 172 Å². The Hall–Kier alpha value is -3.74. The molecule has 0 spiro atoms. The monoisotopic (exact) mass is 404 g/mol. The van der Waals surface area contributed by atoms with Crippen molar-refractivity contribution in [3.63, 3.8) is 0 Å². The molecule has 7 nitrogen and oxygen atoms in total. The number of hydrogen-bond acceptors (Lipinski definition) is 5. The van der Waals surface area contributed by atoms with Crippen LogP contribution in [0.25, 0.3) is 10.9 Å². The normalized spacial score (nSPS) is 15.2.